The largest absolute Gasteiger partial charge is 0.0713 e. The molecule has 0 aliphatic heterocycles. The Kier molecular flexibility index (Phi) is 6.10. The van der Waals surface area contributed by atoms with Gasteiger partial charge in [0.2, 0.25) is 0 Å². The number of fused-ring (bicyclic) bond motifs is 9. The Labute approximate surface area is 299 Å². The SMILES string of the molecule is c1ccc(C2(c3ccccc3)c3ccccc3-c3ccc(-c4ccc5c(c4)Cc4cc(-c6ccc7c(c6)Cc6ccccc6-7)ccc4-5)cc32)cc1. The lowest BCUT2D eigenvalue weighted by Gasteiger charge is -2.34. The molecule has 51 heavy (non-hydrogen) atoms. The van der Waals surface area contributed by atoms with E-state index in [1.54, 1.807) is 0 Å². The number of hydrogen-bond donors (Lipinski definition) is 0. The van der Waals surface area contributed by atoms with Crippen LogP contribution in [0.3, 0.4) is 0 Å². The van der Waals surface area contributed by atoms with Gasteiger partial charge in [0, 0.05) is 0 Å². The molecule has 0 heterocycles. The molecule has 0 N–H and O–H groups in total. The molecular weight excluding hydrogens is 613 g/mol. The lowest BCUT2D eigenvalue weighted by atomic mass is 9.67. The van der Waals surface area contributed by atoms with Gasteiger partial charge in [-0.05, 0) is 119 Å². The van der Waals surface area contributed by atoms with Crippen LogP contribution in [0.5, 0.6) is 0 Å². The highest BCUT2D eigenvalue weighted by Crippen LogP contribution is 2.56. The summed E-state index contributed by atoms with van der Waals surface area (Å²) in [4.78, 5) is 0. The summed E-state index contributed by atoms with van der Waals surface area (Å²) in [5, 5.41) is 0. The maximum atomic E-state index is 2.48. The Morgan fingerprint density at radius 1 is 0.275 bits per heavy atom. The second-order valence-electron chi connectivity index (χ2n) is 14.4. The molecule has 0 amide bonds. The van der Waals surface area contributed by atoms with Crippen molar-refractivity contribution in [2.75, 3.05) is 0 Å². The van der Waals surface area contributed by atoms with Crippen LogP contribution in [0.25, 0.3) is 55.6 Å². The molecular formula is C51H34. The van der Waals surface area contributed by atoms with Crippen LogP contribution in [0.15, 0.2) is 182 Å². The molecule has 0 bridgehead atoms. The normalized spacial score (nSPS) is 13.9. The van der Waals surface area contributed by atoms with Crippen LogP contribution in [0.4, 0.5) is 0 Å². The fourth-order valence-electron chi connectivity index (χ4n) is 9.52. The van der Waals surface area contributed by atoms with E-state index in [1.807, 2.05) is 0 Å². The summed E-state index contributed by atoms with van der Waals surface area (Å²) in [6.07, 6.45) is 1.97. The second-order valence-corrected chi connectivity index (χ2v) is 14.4. The van der Waals surface area contributed by atoms with Gasteiger partial charge in [0.25, 0.3) is 0 Å². The van der Waals surface area contributed by atoms with Crippen LogP contribution in [0, 0.1) is 0 Å². The van der Waals surface area contributed by atoms with Crippen molar-refractivity contribution in [2.45, 2.75) is 18.3 Å². The Morgan fingerprint density at radius 2 is 0.667 bits per heavy atom. The van der Waals surface area contributed by atoms with Gasteiger partial charge in [-0.15, -0.1) is 0 Å². The molecule has 0 aromatic heterocycles. The summed E-state index contributed by atoms with van der Waals surface area (Å²) in [6, 6.07) is 68.4. The van der Waals surface area contributed by atoms with Crippen molar-refractivity contribution in [3.05, 3.63) is 226 Å². The van der Waals surface area contributed by atoms with Gasteiger partial charge in [-0.3, -0.25) is 0 Å². The molecule has 0 unspecified atom stereocenters. The van der Waals surface area contributed by atoms with Gasteiger partial charge in [0.05, 0.1) is 5.41 Å². The standard InChI is InChI=1S/C51H34/c1-3-12-41(13-4-1)51(42-14-5-2-6-15-42)49-18-10-9-17-47(49)48-26-22-36(32-50(48)51)35-21-25-46-40(29-35)31-39-28-34(20-24-45(39)46)33-19-23-44-38(27-33)30-37-11-7-8-16-43(37)44/h1-29,32H,30-31H2. The monoisotopic (exact) mass is 646 g/mol. The van der Waals surface area contributed by atoms with Crippen molar-refractivity contribution < 1.29 is 0 Å². The molecule has 3 aliphatic rings. The topological polar surface area (TPSA) is 0 Å². The van der Waals surface area contributed by atoms with E-state index < -0.39 is 5.41 Å². The molecule has 3 aliphatic carbocycles. The fourth-order valence-corrected chi connectivity index (χ4v) is 9.52. The molecule has 0 atom stereocenters. The molecule has 0 saturated heterocycles. The molecule has 8 aromatic rings. The van der Waals surface area contributed by atoms with Crippen LogP contribution in [-0.4, -0.2) is 0 Å². The maximum absolute atomic E-state index is 2.48. The summed E-state index contributed by atoms with van der Waals surface area (Å²) < 4.78 is 0. The molecule has 0 fully saturated rings. The van der Waals surface area contributed by atoms with Gasteiger partial charge in [-0.2, -0.15) is 0 Å². The minimum absolute atomic E-state index is 0.395. The molecule has 0 saturated carbocycles. The first-order chi connectivity index (χ1) is 25.3. The van der Waals surface area contributed by atoms with Crippen LogP contribution in [0.1, 0.15) is 44.5 Å². The van der Waals surface area contributed by atoms with Crippen molar-refractivity contribution in [3.8, 4) is 55.6 Å². The quantitative estimate of drug-likeness (QED) is 0.178. The third-order valence-corrected chi connectivity index (χ3v) is 11.8. The van der Waals surface area contributed by atoms with Gasteiger partial charge in [0.15, 0.2) is 0 Å². The van der Waals surface area contributed by atoms with E-state index in [4.69, 9.17) is 0 Å². The molecule has 0 heteroatoms. The Hall–Kier alpha value is -6.24. The lowest BCUT2D eigenvalue weighted by Crippen LogP contribution is -2.28. The maximum Gasteiger partial charge on any atom is 0.0713 e. The summed E-state index contributed by atoms with van der Waals surface area (Å²) >= 11 is 0. The highest BCUT2D eigenvalue weighted by Gasteiger charge is 2.46. The summed E-state index contributed by atoms with van der Waals surface area (Å²) in [5.74, 6) is 0. The van der Waals surface area contributed by atoms with Crippen LogP contribution in [-0.2, 0) is 18.3 Å². The predicted octanol–water partition coefficient (Wildman–Crippen LogP) is 12.5. The van der Waals surface area contributed by atoms with Gasteiger partial charge in [0.1, 0.15) is 0 Å². The van der Waals surface area contributed by atoms with Gasteiger partial charge < -0.3 is 0 Å². The first-order valence-electron chi connectivity index (χ1n) is 18.1. The number of rotatable bonds is 4. The molecule has 0 radical (unpaired) electrons. The van der Waals surface area contributed by atoms with E-state index in [-0.39, 0.29) is 0 Å². The van der Waals surface area contributed by atoms with Crippen molar-refractivity contribution in [1.82, 2.24) is 0 Å². The average Bonchev–Trinajstić information content (AvgIpc) is 3.85. The Balaban J connectivity index is 0.981. The smallest absolute Gasteiger partial charge is 0.0622 e. The minimum Gasteiger partial charge on any atom is -0.0622 e. The lowest BCUT2D eigenvalue weighted by molar-refractivity contribution is 0.769. The fraction of sp³-hybridized carbons (Fsp3) is 0.0588. The van der Waals surface area contributed by atoms with Crippen molar-refractivity contribution in [1.29, 1.82) is 0 Å². The van der Waals surface area contributed by atoms with Crippen molar-refractivity contribution in [3.63, 3.8) is 0 Å². The van der Waals surface area contributed by atoms with Crippen molar-refractivity contribution >= 4 is 0 Å². The third kappa shape index (κ3) is 4.14. The van der Waals surface area contributed by atoms with E-state index in [0.29, 0.717) is 0 Å². The molecule has 11 rings (SSSR count). The average molecular weight is 647 g/mol. The number of benzene rings is 8. The molecule has 0 nitrogen and oxygen atoms in total. The predicted molar refractivity (Wildman–Crippen MR) is 211 cm³/mol. The number of hydrogen-bond acceptors (Lipinski definition) is 0. The first kappa shape index (κ1) is 28.6. The summed E-state index contributed by atoms with van der Waals surface area (Å²) in [7, 11) is 0. The van der Waals surface area contributed by atoms with Gasteiger partial charge in [-0.1, -0.05) is 176 Å². The zero-order valence-corrected chi connectivity index (χ0v) is 28.2. The zero-order valence-electron chi connectivity index (χ0n) is 28.2. The summed E-state index contributed by atoms with van der Waals surface area (Å²) in [6.45, 7) is 0. The molecule has 0 spiro atoms. The van der Waals surface area contributed by atoms with Crippen LogP contribution in [0.2, 0.25) is 0 Å². The first-order valence-corrected chi connectivity index (χ1v) is 18.1. The summed E-state index contributed by atoms with van der Waals surface area (Å²) in [5.41, 5.74) is 23.9. The second kappa shape index (κ2) is 10.9. The minimum atomic E-state index is -0.395. The van der Waals surface area contributed by atoms with E-state index in [2.05, 4.69) is 182 Å². The van der Waals surface area contributed by atoms with Gasteiger partial charge >= 0.3 is 0 Å². The van der Waals surface area contributed by atoms with E-state index in [1.165, 1.54) is 100 Å². The van der Waals surface area contributed by atoms with E-state index in [0.717, 1.165) is 12.8 Å². The Bertz CT molecular complexity index is 2640. The Morgan fingerprint density at radius 3 is 1.24 bits per heavy atom. The van der Waals surface area contributed by atoms with Crippen LogP contribution >= 0.6 is 0 Å². The third-order valence-electron chi connectivity index (χ3n) is 11.8. The van der Waals surface area contributed by atoms with Gasteiger partial charge in [-0.25, -0.2) is 0 Å². The molecule has 8 aromatic carbocycles. The van der Waals surface area contributed by atoms with E-state index >= 15 is 0 Å². The van der Waals surface area contributed by atoms with E-state index in [9.17, 15) is 0 Å². The molecule has 238 valence electrons. The highest BCUT2D eigenvalue weighted by atomic mass is 14.5. The highest BCUT2D eigenvalue weighted by molar-refractivity contribution is 5.89. The van der Waals surface area contributed by atoms with Crippen LogP contribution < -0.4 is 0 Å². The zero-order chi connectivity index (χ0) is 33.5. The van der Waals surface area contributed by atoms with Crippen molar-refractivity contribution in [2.24, 2.45) is 0 Å².